The van der Waals surface area contributed by atoms with Gasteiger partial charge in [-0.1, -0.05) is 82.8 Å². The van der Waals surface area contributed by atoms with Crippen LogP contribution in [0.4, 0.5) is 0 Å². The van der Waals surface area contributed by atoms with Crippen LogP contribution < -0.4 is 5.73 Å². The van der Waals surface area contributed by atoms with Gasteiger partial charge in [-0.15, -0.1) is 11.8 Å². The summed E-state index contributed by atoms with van der Waals surface area (Å²) in [5.41, 5.74) is 6.85. The highest BCUT2D eigenvalue weighted by atomic mass is 32.2. The first-order valence-electron chi connectivity index (χ1n) is 13.1. The Labute approximate surface area is 204 Å². The van der Waals surface area contributed by atoms with E-state index in [0.717, 1.165) is 25.7 Å². The third-order valence-electron chi connectivity index (χ3n) is 6.68. The molecule has 1 unspecified atom stereocenters. The van der Waals surface area contributed by atoms with Gasteiger partial charge in [-0.25, -0.2) is 0 Å². The van der Waals surface area contributed by atoms with Gasteiger partial charge in [0, 0.05) is 12.2 Å². The van der Waals surface area contributed by atoms with Gasteiger partial charge in [0.15, 0.2) is 0 Å². The van der Waals surface area contributed by atoms with Crippen molar-refractivity contribution in [3.8, 4) is 0 Å². The molecule has 1 saturated carbocycles. The van der Waals surface area contributed by atoms with Gasteiger partial charge in [-0.3, -0.25) is 9.59 Å². The fourth-order valence-electron chi connectivity index (χ4n) is 4.55. The lowest BCUT2D eigenvalue weighted by atomic mass is 9.80. The maximum Gasteiger partial charge on any atom is 0.321 e. The van der Waals surface area contributed by atoms with Crippen LogP contribution in [0.1, 0.15) is 110 Å². The standard InChI is InChI=1S/C26H47NO5S/c1-2-3-4-5-6-7-8-9-10-11-12-13-14-21-16-15-20(17-18-23(28)29)24(30)25(21)33-19-22(27)26(31)32/h14,20,22,24-25,30H,2-13,15-19,27H2,1H3,(H,28,29)(H,31,32)/b21-14+/t20-,22?,24-,25-/m0/s1. The van der Waals surface area contributed by atoms with Gasteiger partial charge in [-0.2, -0.15) is 0 Å². The smallest absolute Gasteiger partial charge is 0.321 e. The predicted molar refractivity (Wildman–Crippen MR) is 137 cm³/mol. The molecule has 5 N–H and O–H groups in total. The average Bonchev–Trinajstić information content (AvgIpc) is 2.78. The second-order valence-corrected chi connectivity index (χ2v) is 10.7. The van der Waals surface area contributed by atoms with Gasteiger partial charge in [0.25, 0.3) is 0 Å². The van der Waals surface area contributed by atoms with Crippen molar-refractivity contribution in [3.05, 3.63) is 11.6 Å². The Hall–Kier alpha value is -1.05. The minimum absolute atomic E-state index is 0.0472. The Morgan fingerprint density at radius 1 is 1.03 bits per heavy atom. The molecule has 0 bridgehead atoms. The van der Waals surface area contributed by atoms with Crippen molar-refractivity contribution in [2.24, 2.45) is 11.7 Å². The summed E-state index contributed by atoms with van der Waals surface area (Å²) in [6, 6.07) is -0.963. The fourth-order valence-corrected chi connectivity index (χ4v) is 5.96. The van der Waals surface area contributed by atoms with Gasteiger partial charge >= 0.3 is 11.9 Å². The lowest BCUT2D eigenvalue weighted by molar-refractivity contribution is -0.138. The summed E-state index contributed by atoms with van der Waals surface area (Å²) < 4.78 is 0. The largest absolute Gasteiger partial charge is 0.481 e. The van der Waals surface area contributed by atoms with Crippen LogP contribution in [0.25, 0.3) is 0 Å². The van der Waals surface area contributed by atoms with Crippen molar-refractivity contribution in [2.45, 2.75) is 127 Å². The van der Waals surface area contributed by atoms with E-state index >= 15 is 0 Å². The van der Waals surface area contributed by atoms with Crippen LogP contribution in [-0.2, 0) is 9.59 Å². The Balaban J connectivity index is 2.41. The topological polar surface area (TPSA) is 121 Å². The number of nitrogens with two attached hydrogens (primary N) is 1. The zero-order valence-electron chi connectivity index (χ0n) is 20.6. The fraction of sp³-hybridized carbons (Fsp3) is 0.846. The number of rotatable bonds is 19. The molecule has 1 fully saturated rings. The van der Waals surface area contributed by atoms with Crippen molar-refractivity contribution in [1.29, 1.82) is 0 Å². The van der Waals surface area contributed by atoms with Crippen LogP contribution in [0.15, 0.2) is 11.6 Å². The number of carbonyl (C=O) groups is 2. The van der Waals surface area contributed by atoms with Crippen LogP contribution in [-0.4, -0.2) is 50.4 Å². The summed E-state index contributed by atoms with van der Waals surface area (Å²) >= 11 is 1.40. The minimum atomic E-state index is -1.04. The maximum absolute atomic E-state index is 11.1. The van der Waals surface area contributed by atoms with E-state index in [1.54, 1.807) is 0 Å². The molecular formula is C26H47NO5S. The maximum atomic E-state index is 11.1. The summed E-state index contributed by atoms with van der Waals surface area (Å²) in [5.74, 6) is -1.73. The number of allylic oxidation sites excluding steroid dienone is 1. The first-order chi connectivity index (χ1) is 15.9. The molecule has 6 nitrogen and oxygen atoms in total. The molecule has 192 valence electrons. The van der Waals surface area contributed by atoms with E-state index in [1.165, 1.54) is 81.5 Å². The number of aliphatic hydroxyl groups is 1. The molecule has 1 aliphatic rings. The van der Waals surface area contributed by atoms with Crippen LogP contribution in [0.5, 0.6) is 0 Å². The number of aliphatic carboxylic acids is 2. The summed E-state index contributed by atoms with van der Waals surface area (Å²) in [6.45, 7) is 2.25. The molecule has 0 amide bonds. The van der Waals surface area contributed by atoms with Crippen LogP contribution in [0.3, 0.4) is 0 Å². The monoisotopic (exact) mass is 485 g/mol. The Morgan fingerprint density at radius 3 is 2.15 bits per heavy atom. The van der Waals surface area contributed by atoms with Gasteiger partial charge in [0.2, 0.25) is 0 Å². The van der Waals surface area contributed by atoms with E-state index in [1.807, 2.05) is 0 Å². The molecule has 0 heterocycles. The molecule has 0 aliphatic heterocycles. The normalized spacial score (nSPS) is 23.0. The first-order valence-corrected chi connectivity index (χ1v) is 14.1. The van der Waals surface area contributed by atoms with Gasteiger partial charge in [-0.05, 0) is 38.0 Å². The quantitative estimate of drug-likeness (QED) is 0.135. The summed E-state index contributed by atoms with van der Waals surface area (Å²) in [7, 11) is 0. The highest BCUT2D eigenvalue weighted by Crippen LogP contribution is 2.39. The summed E-state index contributed by atoms with van der Waals surface area (Å²) in [5, 5.41) is 28.8. The number of carboxylic acids is 2. The second kappa shape index (κ2) is 18.3. The van der Waals surface area contributed by atoms with Crippen molar-refractivity contribution in [3.63, 3.8) is 0 Å². The summed E-state index contributed by atoms with van der Waals surface area (Å²) in [6.07, 6.45) is 19.0. The van der Waals surface area contributed by atoms with E-state index < -0.39 is 24.1 Å². The molecule has 0 aromatic heterocycles. The number of hydrogen-bond acceptors (Lipinski definition) is 5. The second-order valence-electron chi connectivity index (χ2n) is 9.52. The van der Waals surface area contributed by atoms with Crippen LogP contribution >= 0.6 is 11.8 Å². The van der Waals surface area contributed by atoms with Gasteiger partial charge in [0.05, 0.1) is 11.4 Å². The van der Waals surface area contributed by atoms with Crippen molar-refractivity contribution in [1.82, 2.24) is 0 Å². The molecule has 4 atom stereocenters. The Morgan fingerprint density at radius 2 is 1.61 bits per heavy atom. The lowest BCUT2D eigenvalue weighted by Gasteiger charge is -2.37. The Kier molecular flexibility index (Phi) is 16.6. The van der Waals surface area contributed by atoms with E-state index in [4.69, 9.17) is 15.9 Å². The zero-order chi connectivity index (χ0) is 24.5. The van der Waals surface area contributed by atoms with Crippen molar-refractivity contribution in [2.75, 3.05) is 5.75 Å². The molecule has 1 rings (SSSR count). The Bertz CT molecular complexity index is 583. The SMILES string of the molecule is CCCCCCCCCCCCC/C=C1\CC[C@@H](CCC(=O)O)[C@H](O)[C@H]1SCC(N)C(=O)O. The molecule has 0 saturated heterocycles. The molecule has 0 radical (unpaired) electrons. The van der Waals surface area contributed by atoms with E-state index in [9.17, 15) is 14.7 Å². The molecule has 0 spiro atoms. The highest BCUT2D eigenvalue weighted by molar-refractivity contribution is 8.00. The van der Waals surface area contributed by atoms with E-state index in [-0.39, 0.29) is 23.3 Å². The van der Waals surface area contributed by atoms with Crippen molar-refractivity contribution >= 4 is 23.7 Å². The third kappa shape index (κ3) is 13.4. The third-order valence-corrected chi connectivity index (χ3v) is 8.17. The van der Waals surface area contributed by atoms with E-state index in [0.29, 0.717) is 6.42 Å². The van der Waals surface area contributed by atoms with Gasteiger partial charge < -0.3 is 21.1 Å². The first kappa shape index (κ1) is 30.0. The zero-order valence-corrected chi connectivity index (χ0v) is 21.4. The molecule has 0 aromatic carbocycles. The molecule has 7 heteroatoms. The molecule has 1 aliphatic carbocycles. The minimum Gasteiger partial charge on any atom is -0.481 e. The molecule has 0 aromatic rings. The number of carboxylic acid groups (broad SMARTS) is 2. The number of hydrogen-bond donors (Lipinski definition) is 4. The highest BCUT2D eigenvalue weighted by Gasteiger charge is 2.35. The number of unbranched alkanes of at least 4 members (excludes halogenated alkanes) is 11. The predicted octanol–water partition coefficient (Wildman–Crippen LogP) is 5.76. The van der Waals surface area contributed by atoms with Crippen LogP contribution in [0, 0.1) is 5.92 Å². The summed E-state index contributed by atoms with van der Waals surface area (Å²) in [4.78, 5) is 22.0. The number of thioether (sulfide) groups is 1. The van der Waals surface area contributed by atoms with Crippen molar-refractivity contribution < 1.29 is 24.9 Å². The number of aliphatic hydroxyl groups excluding tert-OH is 1. The lowest BCUT2D eigenvalue weighted by Crippen LogP contribution is -2.40. The van der Waals surface area contributed by atoms with Crippen LogP contribution in [0.2, 0.25) is 0 Å². The molecule has 33 heavy (non-hydrogen) atoms. The van der Waals surface area contributed by atoms with Gasteiger partial charge in [0.1, 0.15) is 6.04 Å². The average molecular weight is 486 g/mol. The van der Waals surface area contributed by atoms with E-state index in [2.05, 4.69) is 13.0 Å². The molecular weight excluding hydrogens is 438 g/mol.